The van der Waals surface area contributed by atoms with Crippen molar-refractivity contribution in [2.45, 2.75) is 46.1 Å². The standard InChI is InChI=1S/C18H27N5O2.ClH/c1-10-14(12(3)20-17-16(10)18(25)21-22(17)4)8-15(24)23-7-5-6-13(9-23)11(2)19;/h11,13H,5-9,19H2,1-4H3,(H,21,25);1H. The topological polar surface area (TPSA) is 97.0 Å². The second-order valence-electron chi connectivity index (χ2n) is 7.28. The van der Waals surface area contributed by atoms with E-state index in [1.807, 2.05) is 25.7 Å². The van der Waals surface area contributed by atoms with Crippen molar-refractivity contribution in [2.75, 3.05) is 13.1 Å². The lowest BCUT2D eigenvalue weighted by molar-refractivity contribution is -0.132. The molecule has 1 saturated heterocycles. The van der Waals surface area contributed by atoms with Crippen LogP contribution in [0.4, 0.5) is 0 Å². The molecule has 2 unspecified atom stereocenters. The predicted molar refractivity (Wildman–Crippen MR) is 105 cm³/mol. The normalized spacial score (nSPS) is 18.7. The summed E-state index contributed by atoms with van der Waals surface area (Å²) >= 11 is 0. The van der Waals surface area contributed by atoms with Crippen molar-refractivity contribution >= 4 is 29.3 Å². The van der Waals surface area contributed by atoms with Crippen LogP contribution in [0.15, 0.2) is 4.79 Å². The summed E-state index contributed by atoms with van der Waals surface area (Å²) in [5.74, 6) is 0.447. The SMILES string of the molecule is Cc1nc2c(c(C)c1CC(=O)N1CCCC(C(C)N)C1)c(=O)[nH]n2C.Cl. The van der Waals surface area contributed by atoms with Crippen molar-refractivity contribution in [1.82, 2.24) is 19.7 Å². The van der Waals surface area contributed by atoms with Gasteiger partial charge in [0.05, 0.1) is 11.8 Å². The number of rotatable bonds is 3. The summed E-state index contributed by atoms with van der Waals surface area (Å²) in [6.07, 6.45) is 2.35. The lowest BCUT2D eigenvalue weighted by Gasteiger charge is -2.35. The third-order valence-electron chi connectivity index (χ3n) is 5.46. The minimum absolute atomic E-state index is 0. The molecule has 0 aromatic carbocycles. The maximum Gasteiger partial charge on any atom is 0.273 e. The van der Waals surface area contributed by atoms with E-state index in [9.17, 15) is 9.59 Å². The number of likely N-dealkylation sites (tertiary alicyclic amines) is 1. The molecule has 7 nitrogen and oxygen atoms in total. The fraction of sp³-hybridized carbons (Fsp3) is 0.611. The number of hydrogen-bond acceptors (Lipinski definition) is 4. The van der Waals surface area contributed by atoms with Crippen LogP contribution in [-0.4, -0.2) is 44.7 Å². The van der Waals surface area contributed by atoms with Gasteiger partial charge in [-0.25, -0.2) is 4.98 Å². The molecule has 2 atom stereocenters. The molecule has 1 aliphatic heterocycles. The first-order chi connectivity index (χ1) is 11.8. The van der Waals surface area contributed by atoms with Crippen LogP contribution in [0.25, 0.3) is 11.0 Å². The second kappa shape index (κ2) is 7.80. The van der Waals surface area contributed by atoms with E-state index >= 15 is 0 Å². The van der Waals surface area contributed by atoms with Crippen LogP contribution in [0.3, 0.4) is 0 Å². The number of nitrogens with zero attached hydrogens (tertiary/aromatic N) is 3. The first-order valence-electron chi connectivity index (χ1n) is 8.87. The van der Waals surface area contributed by atoms with E-state index in [4.69, 9.17) is 5.73 Å². The molecule has 1 fully saturated rings. The maximum atomic E-state index is 12.8. The van der Waals surface area contributed by atoms with Crippen molar-refractivity contribution in [3.8, 4) is 0 Å². The molecule has 0 aliphatic carbocycles. The number of pyridine rings is 1. The van der Waals surface area contributed by atoms with Gasteiger partial charge in [-0.1, -0.05) is 0 Å². The Labute approximate surface area is 159 Å². The number of H-pyrrole nitrogens is 1. The van der Waals surface area contributed by atoms with Gasteiger partial charge in [0.2, 0.25) is 5.91 Å². The molecule has 26 heavy (non-hydrogen) atoms. The molecule has 3 heterocycles. The Kier molecular flexibility index (Phi) is 6.13. The van der Waals surface area contributed by atoms with Crippen molar-refractivity contribution < 1.29 is 4.79 Å². The molecule has 2 aromatic rings. The number of aromatic nitrogens is 3. The third kappa shape index (κ3) is 3.64. The van der Waals surface area contributed by atoms with Gasteiger partial charge < -0.3 is 10.6 Å². The molecule has 1 aliphatic rings. The Balaban J connectivity index is 0.00000243. The van der Waals surface area contributed by atoms with E-state index in [-0.39, 0.29) is 36.3 Å². The molecule has 144 valence electrons. The molecule has 1 amide bonds. The quantitative estimate of drug-likeness (QED) is 0.840. The third-order valence-corrected chi connectivity index (χ3v) is 5.46. The maximum absolute atomic E-state index is 12.8. The van der Waals surface area contributed by atoms with Crippen LogP contribution in [0, 0.1) is 19.8 Å². The summed E-state index contributed by atoms with van der Waals surface area (Å²) in [7, 11) is 1.77. The number of nitrogens with two attached hydrogens (primary N) is 1. The molecular weight excluding hydrogens is 354 g/mol. The first-order valence-corrected chi connectivity index (χ1v) is 8.87. The highest BCUT2D eigenvalue weighted by atomic mass is 35.5. The Morgan fingerprint density at radius 3 is 2.77 bits per heavy atom. The van der Waals surface area contributed by atoms with Gasteiger partial charge in [0.25, 0.3) is 5.56 Å². The summed E-state index contributed by atoms with van der Waals surface area (Å²) < 4.78 is 1.63. The molecule has 3 N–H and O–H groups in total. The molecule has 0 spiro atoms. The van der Waals surface area contributed by atoms with E-state index in [0.29, 0.717) is 17.0 Å². The number of amides is 1. The fourth-order valence-corrected chi connectivity index (χ4v) is 3.84. The van der Waals surface area contributed by atoms with Gasteiger partial charge in [0.1, 0.15) is 0 Å². The summed E-state index contributed by atoms with van der Waals surface area (Å²) in [5, 5.41) is 3.31. The number of carbonyl (C=O) groups is 1. The number of aryl methyl sites for hydroxylation is 3. The summed E-state index contributed by atoms with van der Waals surface area (Å²) in [6.45, 7) is 7.30. The number of nitrogens with one attached hydrogen (secondary N) is 1. The Hall–Kier alpha value is -1.86. The molecule has 0 radical (unpaired) electrons. The van der Waals surface area contributed by atoms with Gasteiger partial charge >= 0.3 is 0 Å². The largest absolute Gasteiger partial charge is 0.342 e. The monoisotopic (exact) mass is 381 g/mol. The van der Waals surface area contributed by atoms with Crippen molar-refractivity contribution in [2.24, 2.45) is 18.7 Å². The van der Waals surface area contributed by atoms with Crippen LogP contribution in [0.2, 0.25) is 0 Å². The van der Waals surface area contributed by atoms with Crippen LogP contribution in [-0.2, 0) is 18.3 Å². The molecule has 3 rings (SSSR count). The van der Waals surface area contributed by atoms with Gasteiger partial charge in [0.15, 0.2) is 5.65 Å². The Bertz CT molecular complexity index is 871. The van der Waals surface area contributed by atoms with E-state index < -0.39 is 0 Å². The van der Waals surface area contributed by atoms with Gasteiger partial charge in [-0.05, 0) is 50.7 Å². The van der Waals surface area contributed by atoms with Crippen LogP contribution in [0.1, 0.15) is 36.6 Å². The number of aromatic amines is 1. The van der Waals surface area contributed by atoms with Crippen LogP contribution in [0.5, 0.6) is 0 Å². The highest BCUT2D eigenvalue weighted by molar-refractivity contribution is 5.85. The average molecular weight is 382 g/mol. The molecule has 2 aromatic heterocycles. The molecular formula is C18H28ClN5O2. The highest BCUT2D eigenvalue weighted by Crippen LogP contribution is 2.23. The van der Waals surface area contributed by atoms with E-state index in [1.165, 1.54) is 0 Å². The molecule has 8 heteroatoms. The minimum Gasteiger partial charge on any atom is -0.342 e. The van der Waals surface area contributed by atoms with Gasteiger partial charge in [-0.2, -0.15) is 0 Å². The fourth-order valence-electron chi connectivity index (χ4n) is 3.84. The summed E-state index contributed by atoms with van der Waals surface area (Å²) in [4.78, 5) is 31.4. The van der Waals surface area contributed by atoms with Crippen LogP contribution < -0.4 is 11.3 Å². The zero-order chi connectivity index (χ0) is 18.3. The highest BCUT2D eigenvalue weighted by Gasteiger charge is 2.27. The number of halogens is 1. The van der Waals surface area contributed by atoms with E-state index in [2.05, 4.69) is 10.1 Å². The Morgan fingerprint density at radius 2 is 2.12 bits per heavy atom. The zero-order valence-corrected chi connectivity index (χ0v) is 16.7. The van der Waals surface area contributed by atoms with E-state index in [0.717, 1.165) is 42.8 Å². The number of carbonyl (C=O) groups excluding carboxylic acids is 1. The van der Waals surface area contributed by atoms with Gasteiger partial charge in [0, 0.05) is 31.9 Å². The number of piperidine rings is 1. The number of fused-ring (bicyclic) bond motifs is 1. The second-order valence-corrected chi connectivity index (χ2v) is 7.28. The summed E-state index contributed by atoms with van der Waals surface area (Å²) in [5.41, 5.74) is 9.00. The smallest absolute Gasteiger partial charge is 0.273 e. The summed E-state index contributed by atoms with van der Waals surface area (Å²) in [6, 6.07) is 0.0972. The van der Waals surface area contributed by atoms with Crippen molar-refractivity contribution in [3.05, 3.63) is 27.2 Å². The van der Waals surface area contributed by atoms with Crippen molar-refractivity contribution in [3.63, 3.8) is 0 Å². The lowest BCUT2D eigenvalue weighted by atomic mass is 9.91. The average Bonchev–Trinajstić information content (AvgIpc) is 2.85. The van der Waals surface area contributed by atoms with Crippen molar-refractivity contribution in [1.29, 1.82) is 0 Å². The van der Waals surface area contributed by atoms with E-state index in [1.54, 1.807) is 11.7 Å². The lowest BCUT2D eigenvalue weighted by Crippen LogP contribution is -2.45. The molecule has 0 bridgehead atoms. The Morgan fingerprint density at radius 1 is 1.42 bits per heavy atom. The number of hydrogen-bond donors (Lipinski definition) is 2. The van der Waals surface area contributed by atoms with Gasteiger partial charge in [-0.3, -0.25) is 19.4 Å². The predicted octanol–water partition coefficient (Wildman–Crippen LogP) is 1.43. The van der Waals surface area contributed by atoms with Crippen LogP contribution >= 0.6 is 12.4 Å². The van der Waals surface area contributed by atoms with Gasteiger partial charge in [-0.15, -0.1) is 12.4 Å². The molecule has 0 saturated carbocycles. The minimum atomic E-state index is -0.161. The first kappa shape index (κ1) is 20.5. The zero-order valence-electron chi connectivity index (χ0n) is 15.8.